The molecule has 0 bridgehead atoms. The zero-order chi connectivity index (χ0) is 12.4. The average Bonchev–Trinajstić information content (AvgIpc) is 2.29. The fourth-order valence-electron chi connectivity index (χ4n) is 1.64. The van der Waals surface area contributed by atoms with E-state index in [-0.39, 0.29) is 11.1 Å². The molecule has 3 nitrogen and oxygen atoms in total. The quantitative estimate of drug-likeness (QED) is 0.864. The van der Waals surface area contributed by atoms with E-state index in [2.05, 4.69) is 4.98 Å². The van der Waals surface area contributed by atoms with Crippen LogP contribution in [-0.2, 0) is 0 Å². The summed E-state index contributed by atoms with van der Waals surface area (Å²) < 4.78 is 13.8. The molecule has 0 saturated heterocycles. The minimum absolute atomic E-state index is 0.00440. The van der Waals surface area contributed by atoms with Crippen LogP contribution in [0.25, 0.3) is 11.1 Å². The second-order valence-electron chi connectivity index (χ2n) is 3.71. The molecule has 0 unspecified atom stereocenters. The fourth-order valence-corrected chi connectivity index (χ4v) is 1.64. The largest absolute Gasteiger partial charge is 0.478 e. The molecule has 0 spiro atoms. The number of hydrogen-bond donors (Lipinski definition) is 1. The van der Waals surface area contributed by atoms with E-state index in [0.717, 1.165) is 5.56 Å². The number of benzene rings is 1. The molecule has 2 aromatic rings. The monoisotopic (exact) mass is 231 g/mol. The van der Waals surface area contributed by atoms with Crippen LogP contribution in [0.5, 0.6) is 0 Å². The average molecular weight is 231 g/mol. The molecule has 0 saturated carbocycles. The maximum absolute atomic E-state index is 13.8. The van der Waals surface area contributed by atoms with Gasteiger partial charge in [0.15, 0.2) is 0 Å². The Labute approximate surface area is 97.6 Å². The lowest BCUT2D eigenvalue weighted by molar-refractivity contribution is 0.0697. The highest BCUT2D eigenvalue weighted by Crippen LogP contribution is 2.26. The summed E-state index contributed by atoms with van der Waals surface area (Å²) in [6, 6.07) is 6.19. The van der Waals surface area contributed by atoms with Crippen LogP contribution in [-0.4, -0.2) is 16.1 Å². The van der Waals surface area contributed by atoms with Crippen LogP contribution < -0.4 is 0 Å². The molecule has 1 N–H and O–H groups in total. The maximum Gasteiger partial charge on any atom is 0.337 e. The summed E-state index contributed by atoms with van der Waals surface area (Å²) in [6.07, 6.45) is 2.66. The normalized spacial score (nSPS) is 10.2. The number of hydrogen-bond acceptors (Lipinski definition) is 2. The lowest BCUT2D eigenvalue weighted by Gasteiger charge is -2.07. The van der Waals surface area contributed by atoms with Crippen molar-refractivity contribution in [1.82, 2.24) is 4.98 Å². The Morgan fingerprint density at radius 3 is 2.71 bits per heavy atom. The Morgan fingerprint density at radius 1 is 1.29 bits per heavy atom. The van der Waals surface area contributed by atoms with Crippen LogP contribution in [0.1, 0.15) is 15.9 Å². The van der Waals surface area contributed by atoms with Crippen molar-refractivity contribution in [2.75, 3.05) is 0 Å². The molecule has 0 amide bonds. The van der Waals surface area contributed by atoms with E-state index in [1.165, 1.54) is 24.5 Å². The van der Waals surface area contributed by atoms with Gasteiger partial charge in [-0.2, -0.15) is 0 Å². The molecule has 0 aliphatic heterocycles. The molecule has 17 heavy (non-hydrogen) atoms. The first-order valence-corrected chi connectivity index (χ1v) is 5.03. The van der Waals surface area contributed by atoms with Gasteiger partial charge in [-0.1, -0.05) is 12.1 Å². The van der Waals surface area contributed by atoms with E-state index in [4.69, 9.17) is 5.11 Å². The smallest absolute Gasteiger partial charge is 0.337 e. The molecule has 4 heteroatoms. The van der Waals surface area contributed by atoms with Crippen LogP contribution >= 0.6 is 0 Å². The molecule has 0 aliphatic rings. The van der Waals surface area contributed by atoms with Gasteiger partial charge in [-0.15, -0.1) is 0 Å². The molecule has 0 fully saturated rings. The molecular weight excluding hydrogens is 221 g/mol. The summed E-state index contributed by atoms with van der Waals surface area (Å²) >= 11 is 0. The van der Waals surface area contributed by atoms with Crippen molar-refractivity contribution in [1.29, 1.82) is 0 Å². The van der Waals surface area contributed by atoms with E-state index < -0.39 is 11.8 Å². The number of aryl methyl sites for hydroxylation is 1. The van der Waals surface area contributed by atoms with Gasteiger partial charge in [0.1, 0.15) is 5.82 Å². The van der Waals surface area contributed by atoms with E-state index in [1.807, 2.05) is 0 Å². The van der Waals surface area contributed by atoms with Crippen LogP contribution in [0.15, 0.2) is 36.7 Å². The first kappa shape index (κ1) is 11.3. The van der Waals surface area contributed by atoms with E-state index in [1.54, 1.807) is 19.1 Å². The highest BCUT2D eigenvalue weighted by atomic mass is 19.1. The third kappa shape index (κ3) is 2.15. The SMILES string of the molecule is Cc1ccc(-c2ccncc2C(=O)O)c(F)c1. The third-order valence-corrected chi connectivity index (χ3v) is 2.47. The lowest BCUT2D eigenvalue weighted by atomic mass is 10.0. The Kier molecular flexibility index (Phi) is 2.87. The molecule has 0 aliphatic carbocycles. The van der Waals surface area contributed by atoms with Gasteiger partial charge in [-0.05, 0) is 24.6 Å². The third-order valence-electron chi connectivity index (χ3n) is 2.47. The minimum Gasteiger partial charge on any atom is -0.478 e. The van der Waals surface area contributed by atoms with E-state index >= 15 is 0 Å². The first-order chi connectivity index (χ1) is 8.09. The molecule has 1 aromatic carbocycles. The zero-order valence-electron chi connectivity index (χ0n) is 9.14. The van der Waals surface area contributed by atoms with Crippen molar-refractivity contribution in [2.24, 2.45) is 0 Å². The Morgan fingerprint density at radius 2 is 2.06 bits per heavy atom. The molecule has 1 aromatic heterocycles. The number of pyridine rings is 1. The van der Waals surface area contributed by atoms with Crippen molar-refractivity contribution < 1.29 is 14.3 Å². The lowest BCUT2D eigenvalue weighted by Crippen LogP contribution is -2.01. The first-order valence-electron chi connectivity index (χ1n) is 5.03. The summed E-state index contributed by atoms with van der Waals surface area (Å²) in [5.74, 6) is -1.55. The van der Waals surface area contributed by atoms with Gasteiger partial charge in [0.25, 0.3) is 0 Å². The van der Waals surface area contributed by atoms with Crippen LogP contribution in [0.3, 0.4) is 0 Å². The van der Waals surface area contributed by atoms with Crippen molar-refractivity contribution in [3.8, 4) is 11.1 Å². The number of nitrogens with zero attached hydrogens (tertiary/aromatic N) is 1. The van der Waals surface area contributed by atoms with Crippen molar-refractivity contribution >= 4 is 5.97 Å². The molecule has 2 rings (SSSR count). The number of rotatable bonds is 2. The van der Waals surface area contributed by atoms with Gasteiger partial charge in [0.05, 0.1) is 5.56 Å². The van der Waals surface area contributed by atoms with Gasteiger partial charge >= 0.3 is 5.97 Å². The number of carbonyl (C=O) groups is 1. The summed E-state index contributed by atoms with van der Waals surface area (Å²) in [7, 11) is 0. The molecule has 1 heterocycles. The fraction of sp³-hybridized carbons (Fsp3) is 0.0769. The molecule has 0 radical (unpaired) electrons. The zero-order valence-corrected chi connectivity index (χ0v) is 9.14. The second kappa shape index (κ2) is 4.33. The van der Waals surface area contributed by atoms with Gasteiger partial charge in [-0.3, -0.25) is 4.98 Å². The minimum atomic E-state index is -1.12. The Bertz CT molecular complexity index is 581. The van der Waals surface area contributed by atoms with Crippen LogP contribution in [0, 0.1) is 12.7 Å². The summed E-state index contributed by atoms with van der Waals surface area (Å²) in [5.41, 5.74) is 1.40. The van der Waals surface area contributed by atoms with Crippen LogP contribution in [0.4, 0.5) is 4.39 Å². The molecule has 86 valence electrons. The van der Waals surface area contributed by atoms with Gasteiger partial charge in [0.2, 0.25) is 0 Å². The number of carboxylic acids is 1. The van der Waals surface area contributed by atoms with E-state index in [9.17, 15) is 9.18 Å². The highest BCUT2D eigenvalue weighted by molar-refractivity contribution is 5.95. The van der Waals surface area contributed by atoms with Crippen molar-refractivity contribution in [3.05, 3.63) is 53.6 Å². The number of aromatic carboxylic acids is 1. The van der Waals surface area contributed by atoms with Crippen molar-refractivity contribution in [2.45, 2.75) is 6.92 Å². The number of carboxylic acid groups (broad SMARTS) is 1. The van der Waals surface area contributed by atoms with Gasteiger partial charge in [-0.25, -0.2) is 9.18 Å². The highest BCUT2D eigenvalue weighted by Gasteiger charge is 2.14. The number of halogens is 1. The predicted octanol–water partition coefficient (Wildman–Crippen LogP) is 2.89. The molecular formula is C13H10FNO2. The van der Waals surface area contributed by atoms with E-state index in [0.29, 0.717) is 5.56 Å². The maximum atomic E-state index is 13.8. The Hall–Kier alpha value is -2.23. The summed E-state index contributed by atoms with van der Waals surface area (Å²) in [6.45, 7) is 1.78. The van der Waals surface area contributed by atoms with Crippen LogP contribution in [0.2, 0.25) is 0 Å². The standard InChI is InChI=1S/C13H10FNO2/c1-8-2-3-10(12(14)6-8)9-4-5-15-7-11(9)13(16)17/h2-7H,1H3,(H,16,17). The molecule has 0 atom stereocenters. The summed E-state index contributed by atoms with van der Waals surface area (Å²) in [4.78, 5) is 14.7. The Balaban J connectivity index is 2.64. The second-order valence-corrected chi connectivity index (χ2v) is 3.71. The number of aromatic nitrogens is 1. The van der Waals surface area contributed by atoms with Gasteiger partial charge in [0, 0.05) is 23.5 Å². The van der Waals surface area contributed by atoms with Crippen molar-refractivity contribution in [3.63, 3.8) is 0 Å². The summed E-state index contributed by atoms with van der Waals surface area (Å²) in [5, 5.41) is 9.01. The predicted molar refractivity (Wildman–Crippen MR) is 61.3 cm³/mol. The topological polar surface area (TPSA) is 50.2 Å². The van der Waals surface area contributed by atoms with Gasteiger partial charge < -0.3 is 5.11 Å².